The zero-order chi connectivity index (χ0) is 14.4. The molecule has 0 saturated carbocycles. The third kappa shape index (κ3) is 4.73. The molecule has 0 aliphatic carbocycles. The Morgan fingerprint density at radius 2 is 2.16 bits per heavy atom. The molecule has 106 valence electrons. The Hall–Kier alpha value is -1.26. The van der Waals surface area contributed by atoms with E-state index in [2.05, 4.69) is 31.0 Å². The highest BCUT2D eigenvalue weighted by Crippen LogP contribution is 2.22. The maximum absolute atomic E-state index is 12.0. The lowest BCUT2D eigenvalue weighted by Gasteiger charge is -2.26. The lowest BCUT2D eigenvalue weighted by Crippen LogP contribution is -2.39. The molecule has 0 spiro atoms. The summed E-state index contributed by atoms with van der Waals surface area (Å²) in [5.41, 5.74) is 6.89. The molecule has 5 heteroatoms. The van der Waals surface area contributed by atoms with Crippen molar-refractivity contribution < 1.29 is 4.79 Å². The van der Waals surface area contributed by atoms with Gasteiger partial charge in [0.05, 0.1) is 17.9 Å². The summed E-state index contributed by atoms with van der Waals surface area (Å²) in [4.78, 5) is 14.1. The van der Waals surface area contributed by atoms with Crippen molar-refractivity contribution in [1.82, 2.24) is 4.90 Å². The van der Waals surface area contributed by atoms with Crippen LogP contribution in [0.3, 0.4) is 0 Å². The van der Waals surface area contributed by atoms with Gasteiger partial charge in [-0.3, -0.25) is 9.69 Å². The molecule has 0 saturated heterocycles. The second-order valence-corrected chi connectivity index (χ2v) is 5.04. The highest BCUT2D eigenvalue weighted by molar-refractivity contribution is 6.31. The molecule has 0 bridgehead atoms. The van der Waals surface area contributed by atoms with Gasteiger partial charge in [0.1, 0.15) is 0 Å². The lowest BCUT2D eigenvalue weighted by molar-refractivity contribution is -0.117. The number of nitrogens with one attached hydrogen (secondary N) is 1. The summed E-state index contributed by atoms with van der Waals surface area (Å²) in [6, 6.07) is 5.44. The molecule has 0 heterocycles. The fourth-order valence-electron chi connectivity index (χ4n) is 1.86. The number of carbonyl (C=O) groups excluding carboxylic acids is 1. The predicted molar refractivity (Wildman–Crippen MR) is 81.5 cm³/mol. The first kappa shape index (κ1) is 15.8. The first-order chi connectivity index (χ1) is 8.97. The molecular formula is C14H22ClN3O. The first-order valence-corrected chi connectivity index (χ1v) is 6.94. The number of nitrogens with zero attached hydrogens (tertiary/aromatic N) is 1. The Kier molecular flexibility index (Phi) is 6.12. The standard InChI is InChI=1S/C14H22ClN3O/c1-4-10(3)18(5-2)9-14(19)17-13-7-6-11(15)8-12(13)16/h6-8,10H,4-5,9,16H2,1-3H3,(H,17,19). The van der Waals surface area contributed by atoms with Crippen LogP contribution in [0.25, 0.3) is 0 Å². The molecule has 1 aromatic rings. The van der Waals surface area contributed by atoms with Crippen LogP contribution in [0.1, 0.15) is 27.2 Å². The molecule has 0 aliphatic rings. The fraction of sp³-hybridized carbons (Fsp3) is 0.500. The Balaban J connectivity index is 2.64. The normalized spacial score (nSPS) is 12.5. The molecule has 4 nitrogen and oxygen atoms in total. The number of anilines is 2. The van der Waals surface area contributed by atoms with Gasteiger partial charge in [-0.15, -0.1) is 0 Å². The van der Waals surface area contributed by atoms with E-state index in [0.717, 1.165) is 13.0 Å². The Labute approximate surface area is 119 Å². The van der Waals surface area contributed by atoms with Crippen LogP contribution in [0.2, 0.25) is 5.02 Å². The van der Waals surface area contributed by atoms with Gasteiger partial charge < -0.3 is 11.1 Å². The van der Waals surface area contributed by atoms with E-state index in [0.29, 0.717) is 29.0 Å². The molecule has 3 N–H and O–H groups in total. The Bertz CT molecular complexity index is 437. The molecular weight excluding hydrogens is 262 g/mol. The number of benzene rings is 1. The molecule has 1 aromatic carbocycles. The van der Waals surface area contributed by atoms with Gasteiger partial charge in [0, 0.05) is 11.1 Å². The van der Waals surface area contributed by atoms with Gasteiger partial charge >= 0.3 is 0 Å². The number of nitrogens with two attached hydrogens (primary N) is 1. The minimum atomic E-state index is -0.0591. The zero-order valence-electron chi connectivity index (χ0n) is 11.7. The molecule has 0 aliphatic heterocycles. The third-order valence-electron chi connectivity index (χ3n) is 3.25. The average molecular weight is 284 g/mol. The van der Waals surface area contributed by atoms with Crippen LogP contribution < -0.4 is 11.1 Å². The second kappa shape index (κ2) is 7.36. The topological polar surface area (TPSA) is 58.4 Å². The van der Waals surface area contributed by atoms with E-state index in [1.807, 2.05) is 0 Å². The van der Waals surface area contributed by atoms with Crippen molar-refractivity contribution >= 4 is 28.9 Å². The van der Waals surface area contributed by atoms with E-state index in [-0.39, 0.29) is 5.91 Å². The largest absolute Gasteiger partial charge is 0.397 e. The molecule has 1 rings (SSSR count). The molecule has 1 amide bonds. The number of nitrogen functional groups attached to an aromatic ring is 1. The predicted octanol–water partition coefficient (Wildman–Crippen LogP) is 2.98. The van der Waals surface area contributed by atoms with Crippen LogP contribution in [0.5, 0.6) is 0 Å². The average Bonchev–Trinajstić information content (AvgIpc) is 2.38. The third-order valence-corrected chi connectivity index (χ3v) is 3.49. The number of amides is 1. The van der Waals surface area contributed by atoms with E-state index < -0.39 is 0 Å². The SMILES string of the molecule is CCC(C)N(CC)CC(=O)Nc1ccc(Cl)cc1N. The van der Waals surface area contributed by atoms with Crippen molar-refractivity contribution in [2.24, 2.45) is 0 Å². The van der Waals surface area contributed by atoms with Crippen molar-refractivity contribution in [3.8, 4) is 0 Å². The van der Waals surface area contributed by atoms with Gasteiger partial charge in [0.15, 0.2) is 0 Å². The molecule has 0 fully saturated rings. The zero-order valence-corrected chi connectivity index (χ0v) is 12.5. The quantitative estimate of drug-likeness (QED) is 0.789. The van der Waals surface area contributed by atoms with Crippen LogP contribution in [0.15, 0.2) is 18.2 Å². The van der Waals surface area contributed by atoms with Crippen LogP contribution in [0, 0.1) is 0 Å². The monoisotopic (exact) mass is 283 g/mol. The number of hydrogen-bond donors (Lipinski definition) is 2. The van der Waals surface area contributed by atoms with Crippen molar-refractivity contribution in [1.29, 1.82) is 0 Å². The molecule has 19 heavy (non-hydrogen) atoms. The number of hydrogen-bond acceptors (Lipinski definition) is 3. The van der Waals surface area contributed by atoms with Gasteiger partial charge in [-0.25, -0.2) is 0 Å². The van der Waals surface area contributed by atoms with Crippen molar-refractivity contribution in [2.45, 2.75) is 33.2 Å². The number of halogens is 1. The van der Waals surface area contributed by atoms with Crippen LogP contribution in [0.4, 0.5) is 11.4 Å². The Morgan fingerprint density at radius 3 is 2.68 bits per heavy atom. The highest BCUT2D eigenvalue weighted by Gasteiger charge is 2.14. The van der Waals surface area contributed by atoms with Crippen molar-refractivity contribution in [3.63, 3.8) is 0 Å². The van der Waals surface area contributed by atoms with E-state index in [9.17, 15) is 4.79 Å². The summed E-state index contributed by atoms with van der Waals surface area (Å²) in [6.45, 7) is 7.50. The number of rotatable bonds is 6. The fourth-order valence-corrected chi connectivity index (χ4v) is 2.04. The highest BCUT2D eigenvalue weighted by atomic mass is 35.5. The van der Waals surface area contributed by atoms with Gasteiger partial charge in [-0.1, -0.05) is 25.4 Å². The molecule has 0 radical (unpaired) electrons. The minimum Gasteiger partial charge on any atom is -0.397 e. The van der Waals surface area contributed by atoms with E-state index in [4.69, 9.17) is 17.3 Å². The summed E-state index contributed by atoms with van der Waals surface area (Å²) in [7, 11) is 0. The molecule has 1 unspecified atom stereocenters. The Morgan fingerprint density at radius 1 is 1.47 bits per heavy atom. The maximum Gasteiger partial charge on any atom is 0.238 e. The number of carbonyl (C=O) groups is 1. The number of likely N-dealkylation sites (N-methyl/N-ethyl adjacent to an activating group) is 1. The first-order valence-electron chi connectivity index (χ1n) is 6.56. The molecule has 0 aromatic heterocycles. The van der Waals surface area contributed by atoms with Crippen LogP contribution >= 0.6 is 11.6 Å². The van der Waals surface area contributed by atoms with Crippen molar-refractivity contribution in [3.05, 3.63) is 23.2 Å². The van der Waals surface area contributed by atoms with E-state index in [1.165, 1.54) is 0 Å². The summed E-state index contributed by atoms with van der Waals surface area (Å²) < 4.78 is 0. The van der Waals surface area contributed by atoms with Gasteiger partial charge in [0.25, 0.3) is 0 Å². The van der Waals surface area contributed by atoms with Gasteiger partial charge in [0.2, 0.25) is 5.91 Å². The smallest absolute Gasteiger partial charge is 0.238 e. The summed E-state index contributed by atoms with van der Waals surface area (Å²) in [5.74, 6) is -0.0591. The lowest BCUT2D eigenvalue weighted by atomic mass is 10.2. The van der Waals surface area contributed by atoms with Crippen LogP contribution in [-0.2, 0) is 4.79 Å². The van der Waals surface area contributed by atoms with Crippen molar-refractivity contribution in [2.75, 3.05) is 24.1 Å². The summed E-state index contributed by atoms with van der Waals surface area (Å²) in [6.07, 6.45) is 1.02. The van der Waals surface area contributed by atoms with Gasteiger partial charge in [-0.2, -0.15) is 0 Å². The minimum absolute atomic E-state index is 0.0591. The summed E-state index contributed by atoms with van der Waals surface area (Å²) in [5, 5.41) is 3.38. The maximum atomic E-state index is 12.0. The molecule has 1 atom stereocenters. The van der Waals surface area contributed by atoms with Crippen LogP contribution in [-0.4, -0.2) is 29.9 Å². The van der Waals surface area contributed by atoms with Gasteiger partial charge in [-0.05, 0) is 38.1 Å². The van der Waals surface area contributed by atoms with E-state index >= 15 is 0 Å². The summed E-state index contributed by atoms with van der Waals surface area (Å²) >= 11 is 5.82. The second-order valence-electron chi connectivity index (χ2n) is 4.60. The van der Waals surface area contributed by atoms with E-state index in [1.54, 1.807) is 18.2 Å².